The molecule has 0 bridgehead atoms. The van der Waals surface area contributed by atoms with Gasteiger partial charge in [0.25, 0.3) is 0 Å². The minimum atomic E-state index is -0.437. The summed E-state index contributed by atoms with van der Waals surface area (Å²) in [6, 6.07) is 16.4. The maximum Gasteiger partial charge on any atom is 0.128 e. The Kier molecular flexibility index (Phi) is 3.84. The number of aromatic nitrogens is 2. The Hall–Kier alpha value is -3.70. The van der Waals surface area contributed by atoms with Crippen molar-refractivity contribution in [3.8, 4) is 17.9 Å². The van der Waals surface area contributed by atoms with Crippen molar-refractivity contribution in [2.45, 2.75) is 12.3 Å². The monoisotopic (exact) mass is 340 g/mol. The normalized spacial score (nSPS) is 12.0. The first kappa shape index (κ1) is 15.8. The Morgan fingerprint density at radius 2 is 1.88 bits per heavy atom. The summed E-state index contributed by atoms with van der Waals surface area (Å²) >= 11 is 0. The van der Waals surface area contributed by atoms with E-state index in [0.717, 1.165) is 38.5 Å². The fraction of sp³-hybridized carbons (Fsp3) is 0.143. The van der Waals surface area contributed by atoms with Crippen LogP contribution in [0.1, 0.15) is 22.6 Å². The number of hydrogen-bond donors (Lipinski definition) is 2. The van der Waals surface area contributed by atoms with Gasteiger partial charge in [-0.25, -0.2) is 0 Å². The molecule has 2 aromatic heterocycles. The number of hydrogen-bond acceptors (Lipinski definition) is 3. The molecule has 2 N–H and O–H groups in total. The summed E-state index contributed by atoms with van der Waals surface area (Å²) in [5.41, 5.74) is 4.52. The molecule has 0 saturated heterocycles. The van der Waals surface area contributed by atoms with Gasteiger partial charge in [0.15, 0.2) is 0 Å². The second-order valence-electron chi connectivity index (χ2n) is 6.11. The molecule has 0 unspecified atom stereocenters. The number of aromatic amines is 2. The Balaban J connectivity index is 1.96. The highest BCUT2D eigenvalue weighted by Crippen LogP contribution is 2.38. The van der Waals surface area contributed by atoms with Crippen LogP contribution in [0.15, 0.2) is 48.8 Å². The van der Waals surface area contributed by atoms with Gasteiger partial charge in [-0.15, -0.1) is 0 Å². The molecule has 0 aliphatic rings. The van der Waals surface area contributed by atoms with Gasteiger partial charge in [-0.1, -0.05) is 24.3 Å². The van der Waals surface area contributed by atoms with Crippen molar-refractivity contribution >= 4 is 21.8 Å². The van der Waals surface area contributed by atoms with E-state index in [2.05, 4.69) is 22.1 Å². The molecule has 0 spiro atoms. The van der Waals surface area contributed by atoms with Gasteiger partial charge in [-0.3, -0.25) is 0 Å². The van der Waals surface area contributed by atoms with Crippen LogP contribution >= 0.6 is 0 Å². The number of benzene rings is 2. The number of H-pyrrole nitrogens is 2. The van der Waals surface area contributed by atoms with E-state index in [4.69, 9.17) is 10.00 Å². The third-order valence-corrected chi connectivity index (χ3v) is 4.77. The van der Waals surface area contributed by atoms with Gasteiger partial charge in [0, 0.05) is 28.7 Å². The summed E-state index contributed by atoms with van der Waals surface area (Å²) in [6.45, 7) is 0. The van der Waals surface area contributed by atoms with Crippen molar-refractivity contribution in [1.29, 1.82) is 10.5 Å². The van der Waals surface area contributed by atoms with Crippen LogP contribution in [0.4, 0.5) is 0 Å². The topological polar surface area (TPSA) is 88.4 Å². The van der Waals surface area contributed by atoms with Gasteiger partial charge >= 0.3 is 0 Å². The van der Waals surface area contributed by atoms with Crippen molar-refractivity contribution in [1.82, 2.24) is 9.97 Å². The maximum atomic E-state index is 9.95. The highest BCUT2D eigenvalue weighted by Gasteiger charge is 2.22. The summed E-state index contributed by atoms with van der Waals surface area (Å²) in [4.78, 5) is 6.49. The lowest BCUT2D eigenvalue weighted by molar-refractivity contribution is 0.419. The Labute approximate surface area is 150 Å². The summed E-state index contributed by atoms with van der Waals surface area (Å²) in [5, 5.41) is 20.9. The van der Waals surface area contributed by atoms with Gasteiger partial charge in [0.05, 0.1) is 31.2 Å². The summed E-state index contributed by atoms with van der Waals surface area (Å²) < 4.78 is 5.48. The number of nitriles is 2. The summed E-state index contributed by atoms with van der Waals surface area (Å²) in [5.74, 6) is 0.263. The van der Waals surface area contributed by atoms with E-state index < -0.39 is 5.92 Å². The van der Waals surface area contributed by atoms with Crippen LogP contribution in [-0.4, -0.2) is 17.1 Å². The highest BCUT2D eigenvalue weighted by molar-refractivity contribution is 5.94. The molecular weight excluding hydrogens is 324 g/mol. The average molecular weight is 340 g/mol. The number of rotatable bonds is 4. The zero-order valence-corrected chi connectivity index (χ0v) is 14.2. The number of fused-ring (bicyclic) bond motifs is 2. The lowest BCUT2D eigenvalue weighted by atomic mass is 9.90. The molecule has 0 fully saturated rings. The zero-order chi connectivity index (χ0) is 18.1. The van der Waals surface area contributed by atoms with Crippen LogP contribution in [0.5, 0.6) is 5.75 Å². The smallest absolute Gasteiger partial charge is 0.128 e. The Bertz CT molecular complexity index is 1190. The largest absolute Gasteiger partial charge is 0.496 e. The molecule has 0 radical (unpaired) electrons. The maximum absolute atomic E-state index is 9.95. The third-order valence-electron chi connectivity index (χ3n) is 4.77. The van der Waals surface area contributed by atoms with Crippen LogP contribution in [0.3, 0.4) is 0 Å². The summed E-state index contributed by atoms with van der Waals surface area (Å²) in [7, 11) is 1.61. The number of ether oxygens (including phenoxy) is 1. The number of para-hydroxylation sites is 1. The van der Waals surface area contributed by atoms with Crippen molar-refractivity contribution in [2.75, 3.05) is 7.11 Å². The number of methoxy groups -OCH3 is 1. The van der Waals surface area contributed by atoms with E-state index in [-0.39, 0.29) is 6.42 Å². The van der Waals surface area contributed by atoms with Crippen LogP contribution in [0.25, 0.3) is 21.8 Å². The van der Waals surface area contributed by atoms with E-state index in [9.17, 15) is 5.26 Å². The van der Waals surface area contributed by atoms with Crippen molar-refractivity contribution in [2.24, 2.45) is 0 Å². The second kappa shape index (κ2) is 6.31. The Morgan fingerprint density at radius 3 is 2.65 bits per heavy atom. The molecule has 4 rings (SSSR count). The van der Waals surface area contributed by atoms with Crippen molar-refractivity contribution < 1.29 is 4.74 Å². The molecule has 0 aliphatic carbocycles. The van der Waals surface area contributed by atoms with Crippen molar-refractivity contribution in [3.05, 3.63) is 65.5 Å². The van der Waals surface area contributed by atoms with Gasteiger partial charge in [0.1, 0.15) is 11.7 Å². The SMILES string of the molecule is COc1ccc([C@H](C#N)c2c[nH]c3ccccc23)c2[nH]cc(CC#N)c12. The van der Waals surface area contributed by atoms with Crippen LogP contribution in [0, 0.1) is 22.7 Å². The average Bonchev–Trinajstić information content (AvgIpc) is 3.28. The molecule has 2 aromatic carbocycles. The minimum absolute atomic E-state index is 0.282. The van der Waals surface area contributed by atoms with Crippen LogP contribution < -0.4 is 4.74 Å². The molecular formula is C21H16N4O. The first-order chi connectivity index (χ1) is 12.8. The molecule has 26 heavy (non-hydrogen) atoms. The van der Waals surface area contributed by atoms with E-state index in [0.29, 0.717) is 5.75 Å². The summed E-state index contributed by atoms with van der Waals surface area (Å²) in [6.07, 6.45) is 4.00. The lowest BCUT2D eigenvalue weighted by Gasteiger charge is -2.13. The molecule has 0 amide bonds. The minimum Gasteiger partial charge on any atom is -0.496 e. The van der Waals surface area contributed by atoms with Gasteiger partial charge in [-0.2, -0.15) is 10.5 Å². The molecule has 2 heterocycles. The van der Waals surface area contributed by atoms with E-state index in [1.54, 1.807) is 7.11 Å². The molecule has 5 nitrogen and oxygen atoms in total. The van der Waals surface area contributed by atoms with E-state index in [1.165, 1.54) is 0 Å². The van der Waals surface area contributed by atoms with Crippen LogP contribution in [0.2, 0.25) is 0 Å². The highest BCUT2D eigenvalue weighted by atomic mass is 16.5. The first-order valence-electron chi connectivity index (χ1n) is 8.28. The number of nitrogens with one attached hydrogen (secondary N) is 2. The zero-order valence-electron chi connectivity index (χ0n) is 14.2. The molecule has 1 atom stereocenters. The number of nitrogens with zero attached hydrogens (tertiary/aromatic N) is 2. The second-order valence-corrected chi connectivity index (χ2v) is 6.11. The molecule has 4 aromatic rings. The van der Waals surface area contributed by atoms with Crippen molar-refractivity contribution in [3.63, 3.8) is 0 Å². The predicted molar refractivity (Wildman–Crippen MR) is 99.9 cm³/mol. The van der Waals surface area contributed by atoms with Gasteiger partial charge < -0.3 is 14.7 Å². The van der Waals surface area contributed by atoms with Gasteiger partial charge in [-0.05, 0) is 28.8 Å². The molecule has 0 saturated carbocycles. The fourth-order valence-electron chi connectivity index (χ4n) is 3.58. The Morgan fingerprint density at radius 1 is 1.04 bits per heavy atom. The first-order valence-corrected chi connectivity index (χ1v) is 8.28. The van der Waals surface area contributed by atoms with E-state index in [1.807, 2.05) is 48.8 Å². The standard InChI is InChI=1S/C21H16N4O/c1-26-19-7-6-15(21-20(19)13(8-9-22)11-25-21)16(10-23)17-12-24-18-5-3-2-4-14(17)18/h2-7,11-12,16,24-25H,8H2,1H3/t16-/m0/s1. The van der Waals surface area contributed by atoms with E-state index >= 15 is 0 Å². The van der Waals surface area contributed by atoms with Crippen LogP contribution in [-0.2, 0) is 6.42 Å². The molecule has 5 heteroatoms. The molecule has 0 aliphatic heterocycles. The predicted octanol–water partition coefficient (Wildman–Crippen LogP) is 4.38. The molecule has 126 valence electrons. The van der Waals surface area contributed by atoms with Gasteiger partial charge in [0.2, 0.25) is 0 Å². The quantitative estimate of drug-likeness (QED) is 0.578. The third kappa shape index (κ3) is 2.30. The fourth-order valence-corrected chi connectivity index (χ4v) is 3.58. The lowest BCUT2D eigenvalue weighted by Crippen LogP contribution is -2.00.